The highest BCUT2D eigenvalue weighted by Gasteiger charge is 2.19. The van der Waals surface area contributed by atoms with Crippen LogP contribution in [0.1, 0.15) is 35.8 Å². The molecule has 3 rings (SSSR count). The van der Waals surface area contributed by atoms with Gasteiger partial charge in [0.2, 0.25) is 0 Å². The number of hydrogen-bond acceptors (Lipinski definition) is 5. The predicted octanol–water partition coefficient (Wildman–Crippen LogP) is 4.86. The van der Waals surface area contributed by atoms with E-state index in [4.69, 9.17) is 0 Å². The molecule has 0 saturated heterocycles. The molecule has 29 heavy (non-hydrogen) atoms. The summed E-state index contributed by atoms with van der Waals surface area (Å²) in [5.41, 5.74) is 1.19. The van der Waals surface area contributed by atoms with Crippen molar-refractivity contribution in [3.8, 4) is 5.75 Å². The van der Waals surface area contributed by atoms with Gasteiger partial charge >= 0.3 is 6.61 Å². The Labute approximate surface area is 170 Å². The van der Waals surface area contributed by atoms with Crippen LogP contribution in [-0.2, 0) is 0 Å². The number of Topliss-reactive ketones (excluding diaryl/α,β-unsaturated/α-hetero) is 1. The van der Waals surface area contributed by atoms with Crippen LogP contribution in [0.4, 0.5) is 8.78 Å². The molecular weight excluding hydrogens is 398 g/mol. The lowest BCUT2D eigenvalue weighted by atomic mass is 10.1. The number of alkyl halides is 2. The molecule has 0 spiro atoms. The van der Waals surface area contributed by atoms with Crippen LogP contribution in [0.2, 0.25) is 0 Å². The first-order valence-electron chi connectivity index (χ1n) is 9.00. The monoisotopic (exact) mass is 418 g/mol. The minimum absolute atomic E-state index is 0.0689. The lowest BCUT2D eigenvalue weighted by Gasteiger charge is -2.16. The average molecular weight is 418 g/mol. The Kier molecular flexibility index (Phi) is 6.32. The van der Waals surface area contributed by atoms with Gasteiger partial charge in [-0.1, -0.05) is 35.5 Å². The largest absolute Gasteiger partial charge is 0.434 e. The van der Waals surface area contributed by atoms with Gasteiger partial charge in [-0.25, -0.2) is 4.98 Å². The van der Waals surface area contributed by atoms with Crippen molar-refractivity contribution in [1.29, 1.82) is 0 Å². The Hall–Kier alpha value is -2.74. The number of thioether (sulfide) groups is 1. The standard InChI is InChI=1S/C21H20F2N2O3S/c1-12(2)25-19(27)14-6-4-5-7-16(14)24-21(25)29-11-17(26)15-10-13(3)8-9-18(15)28-20(22)23/h4-10,12,20H,11H2,1-3H3. The van der Waals surface area contributed by atoms with Gasteiger partial charge in [-0.2, -0.15) is 8.78 Å². The second kappa shape index (κ2) is 8.73. The number of rotatable bonds is 7. The average Bonchev–Trinajstić information content (AvgIpc) is 2.67. The number of ether oxygens (including phenoxy) is 1. The number of carbonyl (C=O) groups excluding carboxylic acids is 1. The zero-order valence-corrected chi connectivity index (χ0v) is 17.0. The minimum atomic E-state index is -3.02. The van der Waals surface area contributed by atoms with Gasteiger partial charge in [-0.3, -0.25) is 14.2 Å². The first-order chi connectivity index (χ1) is 13.8. The van der Waals surface area contributed by atoms with Gasteiger partial charge in [0.05, 0.1) is 22.2 Å². The Morgan fingerprint density at radius 2 is 1.93 bits per heavy atom. The molecule has 1 aromatic heterocycles. The molecule has 152 valence electrons. The van der Waals surface area contributed by atoms with Crippen molar-refractivity contribution in [3.63, 3.8) is 0 Å². The molecule has 0 unspecified atom stereocenters. The van der Waals surface area contributed by atoms with Gasteiger partial charge in [-0.15, -0.1) is 0 Å². The molecular formula is C21H20F2N2O3S. The molecule has 0 N–H and O–H groups in total. The van der Waals surface area contributed by atoms with Crippen molar-refractivity contribution < 1.29 is 18.3 Å². The van der Waals surface area contributed by atoms with Gasteiger partial charge in [-0.05, 0) is 45.0 Å². The van der Waals surface area contributed by atoms with Gasteiger partial charge in [0, 0.05) is 6.04 Å². The Morgan fingerprint density at radius 3 is 2.62 bits per heavy atom. The van der Waals surface area contributed by atoms with E-state index in [1.165, 1.54) is 16.7 Å². The zero-order valence-electron chi connectivity index (χ0n) is 16.2. The molecule has 0 amide bonds. The quantitative estimate of drug-likeness (QED) is 0.311. The van der Waals surface area contributed by atoms with Crippen molar-refractivity contribution >= 4 is 28.4 Å². The maximum absolute atomic E-state index is 12.8. The Bertz CT molecular complexity index is 1110. The fraction of sp³-hybridized carbons (Fsp3) is 0.286. The fourth-order valence-corrected chi connectivity index (χ4v) is 3.96. The molecule has 0 saturated carbocycles. The number of aromatic nitrogens is 2. The van der Waals surface area contributed by atoms with E-state index in [9.17, 15) is 18.4 Å². The molecule has 0 aliphatic rings. The summed E-state index contributed by atoms with van der Waals surface area (Å²) in [5.74, 6) is -0.614. The minimum Gasteiger partial charge on any atom is -0.434 e. The van der Waals surface area contributed by atoms with E-state index < -0.39 is 6.61 Å². The lowest BCUT2D eigenvalue weighted by Crippen LogP contribution is -2.25. The van der Waals surface area contributed by atoms with Crippen molar-refractivity contribution in [3.05, 3.63) is 63.9 Å². The van der Waals surface area contributed by atoms with E-state index in [-0.39, 0.29) is 34.5 Å². The van der Waals surface area contributed by atoms with E-state index in [0.717, 1.165) is 17.3 Å². The first-order valence-corrected chi connectivity index (χ1v) is 9.99. The Balaban J connectivity index is 1.93. The van der Waals surface area contributed by atoms with Gasteiger partial charge in [0.25, 0.3) is 5.56 Å². The van der Waals surface area contributed by atoms with E-state index in [0.29, 0.717) is 16.1 Å². The lowest BCUT2D eigenvalue weighted by molar-refractivity contribution is -0.0501. The number of benzene rings is 2. The van der Waals surface area contributed by atoms with Crippen LogP contribution < -0.4 is 10.3 Å². The molecule has 0 atom stereocenters. The SMILES string of the molecule is Cc1ccc(OC(F)F)c(C(=O)CSc2nc3ccccc3c(=O)n2C(C)C)c1. The molecule has 0 bridgehead atoms. The van der Waals surface area contributed by atoms with E-state index in [1.807, 2.05) is 13.8 Å². The number of hydrogen-bond donors (Lipinski definition) is 0. The molecule has 2 aromatic carbocycles. The second-order valence-corrected chi connectivity index (χ2v) is 7.71. The number of carbonyl (C=O) groups is 1. The molecule has 8 heteroatoms. The second-order valence-electron chi connectivity index (χ2n) is 6.77. The molecule has 5 nitrogen and oxygen atoms in total. The number of nitrogens with zero attached hydrogens (tertiary/aromatic N) is 2. The number of ketones is 1. The third-order valence-corrected chi connectivity index (χ3v) is 5.23. The van der Waals surface area contributed by atoms with Crippen LogP contribution >= 0.6 is 11.8 Å². The van der Waals surface area contributed by atoms with Crippen molar-refractivity contribution in [1.82, 2.24) is 9.55 Å². The topological polar surface area (TPSA) is 61.2 Å². The molecule has 0 aliphatic carbocycles. The van der Waals surface area contributed by atoms with E-state index >= 15 is 0 Å². The number of aryl methyl sites for hydroxylation is 1. The third-order valence-electron chi connectivity index (χ3n) is 4.28. The smallest absolute Gasteiger partial charge is 0.387 e. The van der Waals surface area contributed by atoms with E-state index in [1.54, 1.807) is 37.3 Å². The predicted molar refractivity (Wildman–Crippen MR) is 109 cm³/mol. The number of halogens is 2. The summed E-state index contributed by atoms with van der Waals surface area (Å²) in [7, 11) is 0. The Morgan fingerprint density at radius 1 is 1.21 bits per heavy atom. The number of fused-ring (bicyclic) bond motifs is 1. The summed E-state index contributed by atoms with van der Waals surface area (Å²) >= 11 is 1.10. The van der Waals surface area contributed by atoms with Gasteiger partial charge in [0.15, 0.2) is 10.9 Å². The normalized spacial score (nSPS) is 11.4. The maximum atomic E-state index is 12.8. The summed E-state index contributed by atoms with van der Waals surface area (Å²) in [6, 6.07) is 11.3. The van der Waals surface area contributed by atoms with Crippen molar-refractivity contribution in [2.75, 3.05) is 5.75 Å². The summed E-state index contributed by atoms with van der Waals surface area (Å²) < 4.78 is 31.3. The van der Waals surface area contributed by atoms with E-state index in [2.05, 4.69) is 9.72 Å². The molecule has 3 aromatic rings. The van der Waals surface area contributed by atoms with Crippen LogP contribution in [-0.4, -0.2) is 27.7 Å². The van der Waals surface area contributed by atoms with Gasteiger partial charge in [0.1, 0.15) is 5.75 Å². The highest BCUT2D eigenvalue weighted by atomic mass is 32.2. The van der Waals surface area contributed by atoms with Crippen LogP contribution in [0, 0.1) is 6.92 Å². The van der Waals surface area contributed by atoms with Crippen LogP contribution in [0.25, 0.3) is 10.9 Å². The zero-order chi connectivity index (χ0) is 21.1. The summed E-state index contributed by atoms with van der Waals surface area (Å²) in [4.78, 5) is 30.1. The van der Waals surface area contributed by atoms with Crippen molar-refractivity contribution in [2.45, 2.75) is 38.6 Å². The van der Waals surface area contributed by atoms with Crippen molar-refractivity contribution in [2.24, 2.45) is 0 Å². The first kappa shape index (κ1) is 21.0. The fourth-order valence-electron chi connectivity index (χ4n) is 2.95. The van der Waals surface area contributed by atoms with Crippen LogP contribution in [0.15, 0.2) is 52.4 Å². The summed E-state index contributed by atoms with van der Waals surface area (Å²) in [6.45, 7) is 2.46. The molecule has 0 fully saturated rings. The highest BCUT2D eigenvalue weighted by molar-refractivity contribution is 7.99. The van der Waals surface area contributed by atoms with Crippen LogP contribution in [0.3, 0.4) is 0 Å². The maximum Gasteiger partial charge on any atom is 0.387 e. The van der Waals surface area contributed by atoms with Crippen LogP contribution in [0.5, 0.6) is 5.75 Å². The summed E-state index contributed by atoms with van der Waals surface area (Å²) in [6.07, 6.45) is 0. The highest BCUT2D eigenvalue weighted by Crippen LogP contribution is 2.26. The van der Waals surface area contributed by atoms with Gasteiger partial charge < -0.3 is 4.74 Å². The third kappa shape index (κ3) is 4.64. The molecule has 0 aliphatic heterocycles. The summed E-state index contributed by atoms with van der Waals surface area (Å²) in [5, 5.41) is 0.907. The molecule has 0 radical (unpaired) electrons. The number of para-hydroxylation sites is 1. The molecule has 1 heterocycles.